The average Bonchev–Trinajstić information content (AvgIpc) is 3.04. The van der Waals surface area contributed by atoms with Crippen LogP contribution >= 0.6 is 0 Å². The Morgan fingerprint density at radius 3 is 2.80 bits per heavy atom. The van der Waals surface area contributed by atoms with E-state index in [-0.39, 0.29) is 11.6 Å². The van der Waals surface area contributed by atoms with E-state index in [2.05, 4.69) is 10.4 Å². The van der Waals surface area contributed by atoms with Gasteiger partial charge >= 0.3 is 5.97 Å². The summed E-state index contributed by atoms with van der Waals surface area (Å²) >= 11 is 0. The summed E-state index contributed by atoms with van der Waals surface area (Å²) in [6.45, 7) is 0. The molecule has 1 aromatic carbocycles. The molecule has 0 saturated carbocycles. The van der Waals surface area contributed by atoms with E-state index in [1.54, 1.807) is 16.8 Å². The maximum atomic E-state index is 13.3. The third kappa shape index (κ3) is 2.43. The molecule has 0 saturated heterocycles. The van der Waals surface area contributed by atoms with Crippen molar-refractivity contribution in [3.05, 3.63) is 58.7 Å². The molecule has 7 heteroatoms. The Morgan fingerprint density at radius 1 is 1.32 bits per heavy atom. The second-order valence-electron chi connectivity index (χ2n) is 6.09. The predicted molar refractivity (Wildman–Crippen MR) is 87.6 cm³/mol. The van der Waals surface area contributed by atoms with E-state index in [1.165, 1.54) is 25.4 Å². The smallest absolute Gasteiger partial charge is 0.343 e. The van der Waals surface area contributed by atoms with Crippen LogP contribution in [0.5, 0.6) is 0 Å². The SMILES string of the molecule is COC(=O)c1cnn2c1NC1=C(C(=O)CCC1)C2c1ccc(F)cc1. The minimum Gasteiger partial charge on any atom is -0.465 e. The summed E-state index contributed by atoms with van der Waals surface area (Å²) < 4.78 is 19.7. The highest BCUT2D eigenvalue weighted by Crippen LogP contribution is 2.41. The summed E-state index contributed by atoms with van der Waals surface area (Å²) in [4.78, 5) is 24.6. The Hall–Kier alpha value is -2.96. The van der Waals surface area contributed by atoms with Crippen LogP contribution in [0.1, 0.15) is 41.2 Å². The van der Waals surface area contributed by atoms with Crippen molar-refractivity contribution >= 4 is 17.6 Å². The van der Waals surface area contributed by atoms with Gasteiger partial charge in [0.2, 0.25) is 0 Å². The van der Waals surface area contributed by atoms with Gasteiger partial charge in [-0.05, 0) is 30.5 Å². The van der Waals surface area contributed by atoms with Crippen molar-refractivity contribution < 1.29 is 18.7 Å². The topological polar surface area (TPSA) is 73.2 Å². The lowest BCUT2D eigenvalue weighted by molar-refractivity contribution is -0.116. The van der Waals surface area contributed by atoms with E-state index >= 15 is 0 Å². The molecule has 0 bridgehead atoms. The summed E-state index contributed by atoms with van der Waals surface area (Å²) in [7, 11) is 1.31. The first kappa shape index (κ1) is 15.6. The Morgan fingerprint density at radius 2 is 2.08 bits per heavy atom. The largest absolute Gasteiger partial charge is 0.465 e. The van der Waals surface area contributed by atoms with Crippen molar-refractivity contribution in [3.8, 4) is 0 Å². The van der Waals surface area contributed by atoms with Gasteiger partial charge in [0, 0.05) is 17.7 Å². The fourth-order valence-corrected chi connectivity index (χ4v) is 3.47. The number of carbonyl (C=O) groups is 2. The number of methoxy groups -OCH3 is 1. The van der Waals surface area contributed by atoms with Crippen LogP contribution in [0.25, 0.3) is 0 Å². The molecule has 128 valence electrons. The van der Waals surface area contributed by atoms with Crippen molar-refractivity contribution in [1.29, 1.82) is 0 Å². The zero-order chi connectivity index (χ0) is 17.6. The molecule has 0 spiro atoms. The van der Waals surface area contributed by atoms with Crippen LogP contribution in [-0.4, -0.2) is 28.6 Å². The molecule has 1 unspecified atom stereocenters. The molecule has 6 nitrogen and oxygen atoms in total. The standard InChI is InChI=1S/C18H16FN3O3/c1-25-18(24)12-9-20-22-16(10-5-7-11(19)8-6-10)15-13(21-17(12)22)3-2-4-14(15)23/h5-9,16,21H,2-4H2,1H3. The van der Waals surface area contributed by atoms with Crippen LogP contribution in [-0.2, 0) is 9.53 Å². The molecule has 2 aromatic rings. The van der Waals surface area contributed by atoms with Gasteiger partial charge < -0.3 is 10.1 Å². The fraction of sp³-hybridized carbons (Fsp3) is 0.278. The number of Topliss-reactive ketones (excluding diaryl/α,β-unsaturated/α-hetero) is 1. The number of carbonyl (C=O) groups excluding carboxylic acids is 2. The summed E-state index contributed by atoms with van der Waals surface area (Å²) in [5.41, 5.74) is 2.47. The molecule has 2 heterocycles. The highest BCUT2D eigenvalue weighted by atomic mass is 19.1. The molecular weight excluding hydrogens is 325 g/mol. The quantitative estimate of drug-likeness (QED) is 0.851. The first-order chi connectivity index (χ1) is 12.1. The third-order valence-electron chi connectivity index (χ3n) is 4.63. The van der Waals surface area contributed by atoms with Crippen molar-refractivity contribution in [2.75, 3.05) is 12.4 Å². The summed E-state index contributed by atoms with van der Waals surface area (Å²) in [6, 6.07) is 5.50. The minimum atomic E-state index is -0.502. The van der Waals surface area contributed by atoms with Crippen LogP contribution in [0.3, 0.4) is 0 Å². The normalized spacial score (nSPS) is 19.1. The number of hydrogen-bond donors (Lipinski definition) is 1. The molecule has 1 N–H and O–H groups in total. The lowest BCUT2D eigenvalue weighted by Crippen LogP contribution is -2.31. The number of anilines is 1. The average molecular weight is 341 g/mol. The lowest BCUT2D eigenvalue weighted by atomic mass is 9.85. The molecule has 1 aromatic heterocycles. The number of ether oxygens (including phenoxy) is 1. The maximum Gasteiger partial charge on any atom is 0.343 e. The summed E-state index contributed by atoms with van der Waals surface area (Å²) in [5, 5.41) is 7.49. The van der Waals surface area contributed by atoms with Crippen LogP contribution < -0.4 is 5.32 Å². The number of nitrogens with one attached hydrogen (secondary N) is 1. The highest BCUT2D eigenvalue weighted by molar-refractivity contribution is 6.01. The maximum absolute atomic E-state index is 13.3. The molecule has 2 aliphatic rings. The van der Waals surface area contributed by atoms with Crippen LogP contribution in [0.4, 0.5) is 10.2 Å². The monoisotopic (exact) mass is 341 g/mol. The first-order valence-electron chi connectivity index (χ1n) is 8.04. The van der Waals surface area contributed by atoms with Crippen molar-refractivity contribution in [2.24, 2.45) is 0 Å². The number of fused-ring (bicyclic) bond motifs is 1. The number of allylic oxidation sites excluding steroid dienone is 2. The number of ketones is 1. The summed E-state index contributed by atoms with van der Waals surface area (Å²) in [5.74, 6) is -0.311. The van der Waals surface area contributed by atoms with Crippen LogP contribution in [0, 0.1) is 5.82 Å². The lowest BCUT2D eigenvalue weighted by Gasteiger charge is -2.33. The Bertz CT molecular complexity index is 899. The molecule has 4 rings (SSSR count). The Labute approximate surface area is 143 Å². The van der Waals surface area contributed by atoms with Gasteiger partial charge in [0.05, 0.1) is 13.3 Å². The first-order valence-corrected chi connectivity index (χ1v) is 8.04. The van der Waals surface area contributed by atoms with E-state index < -0.39 is 12.0 Å². The zero-order valence-corrected chi connectivity index (χ0v) is 13.6. The van der Waals surface area contributed by atoms with Gasteiger partial charge in [0.15, 0.2) is 5.78 Å². The van der Waals surface area contributed by atoms with E-state index in [9.17, 15) is 14.0 Å². The molecule has 1 aliphatic carbocycles. The highest BCUT2D eigenvalue weighted by Gasteiger charge is 2.37. The van der Waals surface area contributed by atoms with Crippen molar-refractivity contribution in [1.82, 2.24) is 9.78 Å². The molecule has 0 amide bonds. The van der Waals surface area contributed by atoms with Gasteiger partial charge in [0.1, 0.15) is 23.2 Å². The molecule has 0 fully saturated rings. The zero-order valence-electron chi connectivity index (χ0n) is 13.6. The number of halogens is 1. The van der Waals surface area contributed by atoms with E-state index in [0.29, 0.717) is 29.8 Å². The molecule has 25 heavy (non-hydrogen) atoms. The van der Waals surface area contributed by atoms with Gasteiger partial charge in [-0.25, -0.2) is 13.9 Å². The van der Waals surface area contributed by atoms with Gasteiger partial charge in [-0.2, -0.15) is 5.10 Å². The number of aromatic nitrogens is 2. The van der Waals surface area contributed by atoms with Gasteiger partial charge in [-0.15, -0.1) is 0 Å². The van der Waals surface area contributed by atoms with E-state index in [4.69, 9.17) is 4.74 Å². The number of rotatable bonds is 2. The van der Waals surface area contributed by atoms with Gasteiger partial charge in [-0.3, -0.25) is 4.79 Å². The fourth-order valence-electron chi connectivity index (χ4n) is 3.47. The van der Waals surface area contributed by atoms with E-state index in [1.807, 2.05) is 0 Å². The molecule has 0 radical (unpaired) electrons. The Balaban J connectivity index is 1.91. The molecule has 1 atom stereocenters. The van der Waals surface area contributed by atoms with E-state index in [0.717, 1.165) is 17.7 Å². The Kier molecular flexibility index (Phi) is 3.63. The minimum absolute atomic E-state index is 0.0452. The number of esters is 1. The number of nitrogens with zero attached hydrogens (tertiary/aromatic N) is 2. The number of benzene rings is 1. The summed E-state index contributed by atoms with van der Waals surface area (Å²) in [6.07, 6.45) is 3.36. The molecular formula is C18H16FN3O3. The van der Waals surface area contributed by atoms with Crippen LogP contribution in [0.15, 0.2) is 41.7 Å². The predicted octanol–water partition coefficient (Wildman–Crippen LogP) is 2.83. The molecule has 1 aliphatic heterocycles. The second-order valence-corrected chi connectivity index (χ2v) is 6.09. The second kappa shape index (κ2) is 5.84. The van der Waals surface area contributed by atoms with Crippen molar-refractivity contribution in [2.45, 2.75) is 25.3 Å². The van der Waals surface area contributed by atoms with Crippen molar-refractivity contribution in [3.63, 3.8) is 0 Å². The van der Waals surface area contributed by atoms with Gasteiger partial charge in [-0.1, -0.05) is 12.1 Å². The number of hydrogen-bond acceptors (Lipinski definition) is 5. The third-order valence-corrected chi connectivity index (χ3v) is 4.63. The van der Waals surface area contributed by atoms with Gasteiger partial charge in [0.25, 0.3) is 0 Å². The van der Waals surface area contributed by atoms with Crippen LogP contribution in [0.2, 0.25) is 0 Å².